The first-order valence-electron chi connectivity index (χ1n) is 6.36. The molecule has 2 rings (SSSR count). The molecule has 94 valence electrons. The summed E-state index contributed by atoms with van der Waals surface area (Å²) in [6.07, 6.45) is 4.41. The number of rotatable bonds is 5. The second-order valence-corrected chi connectivity index (χ2v) is 5.34. The lowest BCUT2D eigenvalue weighted by atomic mass is 9.95. The third-order valence-corrected chi connectivity index (χ3v) is 4.03. The summed E-state index contributed by atoms with van der Waals surface area (Å²) in [7, 11) is 2.10. The highest BCUT2D eigenvalue weighted by Crippen LogP contribution is 2.39. The Balaban J connectivity index is 1.86. The molecule has 2 fully saturated rings. The molecule has 0 aromatic heterocycles. The van der Waals surface area contributed by atoms with Gasteiger partial charge in [0.25, 0.3) is 0 Å². The summed E-state index contributed by atoms with van der Waals surface area (Å²) in [5.41, 5.74) is 5.06. The Bertz CT molecular complexity index is 227. The summed E-state index contributed by atoms with van der Waals surface area (Å²) in [6, 6.07) is 0.547. The molecule has 0 spiro atoms. The van der Waals surface area contributed by atoms with Gasteiger partial charge in [0.05, 0.1) is 5.60 Å². The van der Waals surface area contributed by atoms with Crippen molar-refractivity contribution in [2.24, 2.45) is 11.7 Å². The summed E-state index contributed by atoms with van der Waals surface area (Å²) in [6.45, 7) is 2.78. The van der Waals surface area contributed by atoms with Crippen LogP contribution in [0.5, 0.6) is 0 Å². The minimum atomic E-state index is -0.660. The highest BCUT2D eigenvalue weighted by molar-refractivity contribution is 4.98. The minimum Gasteiger partial charge on any atom is -0.387 e. The number of hydrogen-bond acceptors (Lipinski definition) is 4. The molecule has 0 radical (unpaired) electrons. The van der Waals surface area contributed by atoms with E-state index in [0.717, 1.165) is 38.9 Å². The van der Waals surface area contributed by atoms with E-state index in [1.165, 1.54) is 0 Å². The molecule has 16 heavy (non-hydrogen) atoms. The lowest BCUT2D eigenvalue weighted by Crippen LogP contribution is -2.52. The van der Waals surface area contributed by atoms with Crippen molar-refractivity contribution < 1.29 is 9.84 Å². The van der Waals surface area contributed by atoms with Crippen molar-refractivity contribution in [1.29, 1.82) is 0 Å². The molecule has 0 bridgehead atoms. The monoisotopic (exact) mass is 228 g/mol. The van der Waals surface area contributed by atoms with Gasteiger partial charge in [-0.3, -0.25) is 0 Å². The standard InChI is InChI=1S/C12H24N2O2/c1-14(11-4-6-16-7-5-11)9-12(15,8-13)10-2-3-10/h10-11,15H,2-9,13H2,1H3. The van der Waals surface area contributed by atoms with Crippen molar-refractivity contribution >= 4 is 0 Å². The van der Waals surface area contributed by atoms with Crippen molar-refractivity contribution in [2.75, 3.05) is 33.4 Å². The van der Waals surface area contributed by atoms with Crippen LogP contribution >= 0.6 is 0 Å². The maximum atomic E-state index is 10.5. The van der Waals surface area contributed by atoms with Crippen LogP contribution in [-0.2, 0) is 4.74 Å². The lowest BCUT2D eigenvalue weighted by molar-refractivity contribution is -0.0297. The third kappa shape index (κ3) is 2.74. The predicted molar refractivity (Wildman–Crippen MR) is 63.2 cm³/mol. The van der Waals surface area contributed by atoms with Crippen molar-refractivity contribution in [3.63, 3.8) is 0 Å². The molecule has 1 unspecified atom stereocenters. The summed E-state index contributed by atoms with van der Waals surface area (Å²) in [4.78, 5) is 2.27. The second-order valence-electron chi connectivity index (χ2n) is 5.34. The van der Waals surface area contributed by atoms with Gasteiger partial charge in [0.2, 0.25) is 0 Å². The van der Waals surface area contributed by atoms with Gasteiger partial charge in [-0.2, -0.15) is 0 Å². The van der Waals surface area contributed by atoms with Gasteiger partial charge in [0, 0.05) is 32.3 Å². The first-order chi connectivity index (χ1) is 7.65. The maximum absolute atomic E-state index is 10.5. The van der Waals surface area contributed by atoms with Gasteiger partial charge in [0.1, 0.15) is 0 Å². The average molecular weight is 228 g/mol. The minimum absolute atomic E-state index is 0.380. The highest BCUT2D eigenvalue weighted by Gasteiger charge is 2.44. The highest BCUT2D eigenvalue weighted by atomic mass is 16.5. The number of aliphatic hydroxyl groups is 1. The molecule has 1 saturated carbocycles. The van der Waals surface area contributed by atoms with Crippen LogP contribution in [0, 0.1) is 5.92 Å². The molecule has 1 heterocycles. The Labute approximate surface area is 97.7 Å². The van der Waals surface area contributed by atoms with E-state index in [-0.39, 0.29) is 0 Å². The van der Waals surface area contributed by atoms with Gasteiger partial charge in [0.15, 0.2) is 0 Å². The molecule has 4 heteroatoms. The second kappa shape index (κ2) is 5.00. The molecular formula is C12H24N2O2. The number of nitrogens with zero attached hydrogens (tertiary/aromatic N) is 1. The van der Waals surface area contributed by atoms with Crippen molar-refractivity contribution in [3.8, 4) is 0 Å². The van der Waals surface area contributed by atoms with Gasteiger partial charge in [-0.15, -0.1) is 0 Å². The molecule has 1 aliphatic carbocycles. The fourth-order valence-electron chi connectivity index (χ4n) is 2.67. The van der Waals surface area contributed by atoms with E-state index in [1.807, 2.05) is 0 Å². The van der Waals surface area contributed by atoms with Crippen molar-refractivity contribution in [1.82, 2.24) is 4.90 Å². The Morgan fingerprint density at radius 1 is 1.31 bits per heavy atom. The number of ether oxygens (including phenoxy) is 1. The van der Waals surface area contributed by atoms with Crippen LogP contribution in [0.25, 0.3) is 0 Å². The molecule has 1 aliphatic heterocycles. The Kier molecular flexibility index (Phi) is 3.85. The first kappa shape index (κ1) is 12.3. The predicted octanol–water partition coefficient (Wildman–Crippen LogP) is 0.197. The van der Waals surface area contributed by atoms with Crippen LogP contribution in [0.15, 0.2) is 0 Å². The normalized spacial score (nSPS) is 27.0. The molecule has 2 aliphatic rings. The summed E-state index contributed by atoms with van der Waals surface area (Å²) in [5.74, 6) is 0.430. The summed E-state index contributed by atoms with van der Waals surface area (Å²) < 4.78 is 5.35. The van der Waals surface area contributed by atoms with Crippen LogP contribution in [0.3, 0.4) is 0 Å². The Morgan fingerprint density at radius 2 is 1.94 bits per heavy atom. The first-order valence-corrected chi connectivity index (χ1v) is 6.36. The molecule has 4 nitrogen and oxygen atoms in total. The van der Waals surface area contributed by atoms with Crippen LogP contribution in [-0.4, -0.2) is 55.0 Å². The van der Waals surface area contributed by atoms with E-state index in [1.54, 1.807) is 0 Å². The third-order valence-electron chi connectivity index (χ3n) is 4.03. The van der Waals surface area contributed by atoms with Gasteiger partial charge >= 0.3 is 0 Å². The maximum Gasteiger partial charge on any atom is 0.0923 e. The van der Waals surface area contributed by atoms with E-state index >= 15 is 0 Å². The zero-order valence-electron chi connectivity index (χ0n) is 10.2. The summed E-state index contributed by atoms with van der Waals surface area (Å²) >= 11 is 0. The number of hydrogen-bond donors (Lipinski definition) is 2. The molecule has 0 amide bonds. The topological polar surface area (TPSA) is 58.7 Å². The SMILES string of the molecule is CN(CC(O)(CN)C1CC1)C1CCOCC1. The van der Waals surface area contributed by atoms with Crippen LogP contribution in [0.2, 0.25) is 0 Å². The average Bonchev–Trinajstić information content (AvgIpc) is 3.14. The quantitative estimate of drug-likeness (QED) is 0.705. The van der Waals surface area contributed by atoms with E-state index in [0.29, 0.717) is 25.0 Å². The van der Waals surface area contributed by atoms with E-state index < -0.39 is 5.60 Å². The van der Waals surface area contributed by atoms with Crippen molar-refractivity contribution in [2.45, 2.75) is 37.3 Å². The molecule has 1 saturated heterocycles. The van der Waals surface area contributed by atoms with E-state index in [9.17, 15) is 5.11 Å². The van der Waals surface area contributed by atoms with E-state index in [2.05, 4.69) is 11.9 Å². The molecule has 0 aromatic rings. The molecular weight excluding hydrogens is 204 g/mol. The van der Waals surface area contributed by atoms with Gasteiger partial charge < -0.3 is 20.5 Å². The van der Waals surface area contributed by atoms with Gasteiger partial charge in [-0.25, -0.2) is 0 Å². The van der Waals surface area contributed by atoms with Crippen molar-refractivity contribution in [3.05, 3.63) is 0 Å². The zero-order chi connectivity index (χ0) is 11.6. The fourth-order valence-corrected chi connectivity index (χ4v) is 2.67. The largest absolute Gasteiger partial charge is 0.387 e. The fraction of sp³-hybridized carbons (Fsp3) is 1.00. The van der Waals surface area contributed by atoms with E-state index in [4.69, 9.17) is 10.5 Å². The van der Waals surface area contributed by atoms with Crippen LogP contribution in [0.4, 0.5) is 0 Å². The zero-order valence-corrected chi connectivity index (χ0v) is 10.2. The van der Waals surface area contributed by atoms with Gasteiger partial charge in [-0.1, -0.05) is 0 Å². The molecule has 1 atom stereocenters. The van der Waals surface area contributed by atoms with Crippen LogP contribution < -0.4 is 5.73 Å². The molecule has 0 aromatic carbocycles. The summed E-state index contributed by atoms with van der Waals surface area (Å²) in [5, 5.41) is 10.5. The molecule has 3 N–H and O–H groups in total. The number of nitrogens with two attached hydrogens (primary N) is 1. The smallest absolute Gasteiger partial charge is 0.0923 e. The Hall–Kier alpha value is -0.160. The number of likely N-dealkylation sites (N-methyl/N-ethyl adjacent to an activating group) is 1. The van der Waals surface area contributed by atoms with Gasteiger partial charge in [-0.05, 0) is 38.6 Å². The Morgan fingerprint density at radius 3 is 2.44 bits per heavy atom. The van der Waals surface area contributed by atoms with Crippen LogP contribution in [0.1, 0.15) is 25.7 Å². The lowest BCUT2D eigenvalue weighted by Gasteiger charge is -2.37.